The summed E-state index contributed by atoms with van der Waals surface area (Å²) >= 11 is 0. The number of aromatic nitrogens is 4. The van der Waals surface area contributed by atoms with Gasteiger partial charge < -0.3 is 14.9 Å². The highest BCUT2D eigenvalue weighted by Gasteiger charge is 2.18. The largest absolute Gasteiger partial charge is 0.476 e. The number of imidazole rings is 1. The molecule has 2 N–H and O–H groups in total. The lowest BCUT2D eigenvalue weighted by molar-refractivity contribution is 0.0690. The van der Waals surface area contributed by atoms with Crippen LogP contribution < -0.4 is 5.32 Å². The number of fused-ring (bicyclic) bond motifs is 1. The van der Waals surface area contributed by atoms with Gasteiger partial charge in [0.2, 0.25) is 6.39 Å². The molecule has 0 saturated heterocycles. The lowest BCUT2D eigenvalue weighted by Crippen LogP contribution is -2.08. The number of anilines is 1. The third kappa shape index (κ3) is 1.99. The van der Waals surface area contributed by atoms with Gasteiger partial charge in [-0.25, -0.2) is 9.78 Å². The second-order valence-electron chi connectivity index (χ2n) is 3.74. The minimum atomic E-state index is -1.06. The third-order valence-corrected chi connectivity index (χ3v) is 2.55. The second-order valence-corrected chi connectivity index (χ2v) is 3.74. The maximum Gasteiger partial charge on any atom is 0.356 e. The highest BCUT2D eigenvalue weighted by molar-refractivity contribution is 5.92. The maximum atomic E-state index is 11.3. The van der Waals surface area contributed by atoms with Gasteiger partial charge in [-0.1, -0.05) is 11.2 Å². The highest BCUT2D eigenvalue weighted by Crippen LogP contribution is 2.17. The van der Waals surface area contributed by atoms with Crippen LogP contribution in [0.15, 0.2) is 35.3 Å². The van der Waals surface area contributed by atoms with E-state index < -0.39 is 5.97 Å². The van der Waals surface area contributed by atoms with E-state index in [-0.39, 0.29) is 18.1 Å². The van der Waals surface area contributed by atoms with Crippen molar-refractivity contribution >= 4 is 17.4 Å². The Labute approximate surface area is 106 Å². The molecule has 3 aromatic rings. The van der Waals surface area contributed by atoms with E-state index >= 15 is 0 Å². The average molecular weight is 259 g/mol. The maximum absolute atomic E-state index is 11.3. The lowest BCUT2D eigenvalue weighted by atomic mass is 10.4. The molecule has 0 spiro atoms. The first kappa shape index (κ1) is 11.2. The number of carboxylic acids is 1. The molecule has 0 bridgehead atoms. The highest BCUT2D eigenvalue weighted by atomic mass is 16.5. The predicted molar refractivity (Wildman–Crippen MR) is 63.8 cm³/mol. The zero-order valence-electron chi connectivity index (χ0n) is 9.65. The molecular weight excluding hydrogens is 250 g/mol. The summed E-state index contributed by atoms with van der Waals surface area (Å²) < 4.78 is 6.10. The van der Waals surface area contributed by atoms with Crippen molar-refractivity contribution in [3.05, 3.63) is 42.3 Å². The smallest absolute Gasteiger partial charge is 0.356 e. The molecule has 3 rings (SSSR count). The summed E-state index contributed by atoms with van der Waals surface area (Å²) in [5.41, 5.74) is 0.620. The summed E-state index contributed by atoms with van der Waals surface area (Å²) in [6.45, 7) is 0.237. The molecule has 0 aliphatic carbocycles. The van der Waals surface area contributed by atoms with E-state index in [0.717, 1.165) is 0 Å². The normalized spacial score (nSPS) is 10.7. The van der Waals surface area contributed by atoms with Crippen LogP contribution in [0.25, 0.3) is 5.65 Å². The fraction of sp³-hybridized carbons (Fsp3) is 0.0909. The first-order valence-corrected chi connectivity index (χ1v) is 5.45. The van der Waals surface area contributed by atoms with Crippen LogP contribution in [0.5, 0.6) is 0 Å². The van der Waals surface area contributed by atoms with Crippen LogP contribution in [0, 0.1) is 0 Å². The van der Waals surface area contributed by atoms with E-state index in [2.05, 4.69) is 25.0 Å². The number of hydrogen-bond donors (Lipinski definition) is 2. The first-order chi connectivity index (χ1) is 9.25. The van der Waals surface area contributed by atoms with Crippen molar-refractivity contribution in [2.24, 2.45) is 0 Å². The molecule has 19 heavy (non-hydrogen) atoms. The number of carbonyl (C=O) groups is 1. The van der Waals surface area contributed by atoms with E-state index in [9.17, 15) is 9.90 Å². The summed E-state index contributed by atoms with van der Waals surface area (Å²) in [5.74, 6) is -0.369. The van der Waals surface area contributed by atoms with Gasteiger partial charge in [0.25, 0.3) is 0 Å². The van der Waals surface area contributed by atoms with Gasteiger partial charge in [0.1, 0.15) is 5.65 Å². The van der Waals surface area contributed by atoms with Gasteiger partial charge in [0, 0.05) is 6.20 Å². The number of carboxylic acid groups (broad SMARTS) is 1. The van der Waals surface area contributed by atoms with Crippen molar-refractivity contribution in [1.29, 1.82) is 0 Å². The van der Waals surface area contributed by atoms with E-state index in [1.54, 1.807) is 24.4 Å². The van der Waals surface area contributed by atoms with E-state index in [1.807, 2.05) is 0 Å². The van der Waals surface area contributed by atoms with E-state index in [0.29, 0.717) is 11.5 Å². The van der Waals surface area contributed by atoms with Crippen molar-refractivity contribution in [1.82, 2.24) is 19.5 Å². The third-order valence-electron chi connectivity index (χ3n) is 2.55. The number of pyridine rings is 1. The van der Waals surface area contributed by atoms with Crippen molar-refractivity contribution in [2.45, 2.75) is 6.54 Å². The molecule has 0 saturated carbocycles. The molecular formula is C11H9N5O3. The zero-order chi connectivity index (χ0) is 13.2. The van der Waals surface area contributed by atoms with E-state index in [1.165, 1.54) is 10.8 Å². The molecule has 3 heterocycles. The van der Waals surface area contributed by atoms with Crippen LogP contribution >= 0.6 is 0 Å². The van der Waals surface area contributed by atoms with Crippen molar-refractivity contribution in [2.75, 3.05) is 5.32 Å². The molecule has 3 aromatic heterocycles. The Balaban J connectivity index is 1.98. The topological polar surface area (TPSA) is 106 Å². The summed E-state index contributed by atoms with van der Waals surface area (Å²) in [7, 11) is 0. The fourth-order valence-electron chi connectivity index (χ4n) is 1.76. The quantitative estimate of drug-likeness (QED) is 0.720. The molecule has 8 heteroatoms. The Morgan fingerprint density at radius 2 is 2.37 bits per heavy atom. The van der Waals surface area contributed by atoms with Gasteiger partial charge >= 0.3 is 5.97 Å². The average Bonchev–Trinajstić information content (AvgIpc) is 3.03. The molecule has 0 aliphatic rings. The Morgan fingerprint density at radius 3 is 3.11 bits per heavy atom. The summed E-state index contributed by atoms with van der Waals surface area (Å²) in [6, 6.07) is 5.26. The molecule has 0 atom stereocenters. The van der Waals surface area contributed by atoms with E-state index in [4.69, 9.17) is 0 Å². The predicted octanol–water partition coefficient (Wildman–Crippen LogP) is 1.03. The van der Waals surface area contributed by atoms with Gasteiger partial charge in [0.15, 0.2) is 17.3 Å². The summed E-state index contributed by atoms with van der Waals surface area (Å²) in [5, 5.41) is 15.8. The molecule has 96 valence electrons. The number of nitrogens with zero attached hydrogens (tertiary/aromatic N) is 4. The van der Waals surface area contributed by atoms with Crippen LogP contribution in [0.2, 0.25) is 0 Å². The second kappa shape index (κ2) is 4.41. The molecule has 0 aliphatic heterocycles. The Kier molecular flexibility index (Phi) is 2.60. The fourth-order valence-corrected chi connectivity index (χ4v) is 1.76. The van der Waals surface area contributed by atoms with Crippen LogP contribution in [0.3, 0.4) is 0 Å². The van der Waals surface area contributed by atoms with Crippen LogP contribution in [-0.2, 0) is 6.54 Å². The number of nitrogens with one attached hydrogen (secondary N) is 1. The van der Waals surface area contributed by atoms with Crippen LogP contribution in [-0.4, -0.2) is 30.6 Å². The number of hydrogen-bond acceptors (Lipinski definition) is 6. The number of rotatable bonds is 4. The standard InChI is InChI=1S/C11H9N5O3/c17-11(18)9-10(12-5-7-13-6-19-15-7)14-8-3-1-2-4-16(8)9/h1-4,6,12H,5H2,(H,17,18). The van der Waals surface area contributed by atoms with Crippen molar-refractivity contribution in [3.8, 4) is 0 Å². The van der Waals surface area contributed by atoms with Gasteiger partial charge in [-0.15, -0.1) is 0 Å². The molecule has 0 amide bonds. The molecule has 0 aromatic carbocycles. The van der Waals surface area contributed by atoms with Gasteiger partial charge in [0.05, 0.1) is 6.54 Å². The molecule has 0 radical (unpaired) electrons. The van der Waals surface area contributed by atoms with Crippen LogP contribution in [0.4, 0.5) is 5.82 Å². The van der Waals surface area contributed by atoms with Gasteiger partial charge in [-0.3, -0.25) is 4.40 Å². The minimum absolute atomic E-state index is 0.0686. The number of aromatic carboxylic acids is 1. The van der Waals surface area contributed by atoms with Crippen molar-refractivity contribution in [3.63, 3.8) is 0 Å². The molecule has 0 fully saturated rings. The first-order valence-electron chi connectivity index (χ1n) is 5.45. The Hall–Kier alpha value is -2.90. The monoisotopic (exact) mass is 259 g/mol. The molecule has 8 nitrogen and oxygen atoms in total. The van der Waals surface area contributed by atoms with Gasteiger partial charge in [-0.2, -0.15) is 4.98 Å². The van der Waals surface area contributed by atoms with Crippen molar-refractivity contribution < 1.29 is 14.4 Å². The van der Waals surface area contributed by atoms with Gasteiger partial charge in [-0.05, 0) is 12.1 Å². The Bertz CT molecular complexity index is 719. The SMILES string of the molecule is O=C(O)c1c(NCc2ncon2)nc2ccccn12. The summed E-state index contributed by atoms with van der Waals surface area (Å²) in [6.07, 6.45) is 2.85. The lowest BCUT2D eigenvalue weighted by Gasteiger charge is -2.01. The summed E-state index contributed by atoms with van der Waals surface area (Å²) in [4.78, 5) is 19.4. The zero-order valence-corrected chi connectivity index (χ0v) is 9.65. The Morgan fingerprint density at radius 1 is 1.47 bits per heavy atom. The van der Waals surface area contributed by atoms with Crippen LogP contribution in [0.1, 0.15) is 16.3 Å². The minimum Gasteiger partial charge on any atom is -0.476 e. The molecule has 0 unspecified atom stereocenters.